The molecule has 32 heavy (non-hydrogen) atoms. The number of carbonyl (C=O) groups is 2. The fourth-order valence-corrected chi connectivity index (χ4v) is 3.95. The molecule has 7 nitrogen and oxygen atoms in total. The minimum atomic E-state index is -1.14. The third-order valence-corrected chi connectivity index (χ3v) is 5.44. The van der Waals surface area contributed by atoms with E-state index in [4.69, 9.17) is 5.73 Å². The minimum Gasteiger partial charge on any atom is -0.478 e. The lowest BCUT2D eigenvalue weighted by Crippen LogP contribution is -2.37. The molecule has 2 aromatic carbocycles. The van der Waals surface area contributed by atoms with Crippen LogP contribution >= 0.6 is 0 Å². The van der Waals surface area contributed by atoms with Crippen LogP contribution in [-0.2, 0) is 4.79 Å². The molecule has 0 aliphatic carbocycles. The Hall–Kier alpha value is -3.61. The number of aromatic carboxylic acids is 1. The maximum absolute atomic E-state index is 13.4. The second kappa shape index (κ2) is 8.86. The normalized spacial score (nSPS) is 12.5. The van der Waals surface area contributed by atoms with Crippen LogP contribution in [0.5, 0.6) is 0 Å². The fourth-order valence-electron chi connectivity index (χ4n) is 3.95. The van der Waals surface area contributed by atoms with Crippen molar-refractivity contribution in [2.45, 2.75) is 40.0 Å². The van der Waals surface area contributed by atoms with Gasteiger partial charge in [0.2, 0.25) is 5.91 Å². The summed E-state index contributed by atoms with van der Waals surface area (Å²) in [4.78, 5) is 37.7. The number of carboxylic acids is 1. The van der Waals surface area contributed by atoms with Crippen LogP contribution in [0.3, 0.4) is 0 Å². The zero-order chi connectivity index (χ0) is 23.6. The van der Waals surface area contributed by atoms with Crippen molar-refractivity contribution in [1.82, 2.24) is 4.68 Å². The number of amides is 1. The number of rotatable bonds is 7. The third-order valence-electron chi connectivity index (χ3n) is 5.44. The molecule has 1 atom stereocenters. The first kappa shape index (κ1) is 23.1. The van der Waals surface area contributed by atoms with Crippen molar-refractivity contribution in [2.24, 2.45) is 11.1 Å². The number of benzene rings is 2. The second-order valence-corrected chi connectivity index (χ2v) is 9.21. The van der Waals surface area contributed by atoms with Crippen LogP contribution in [0.25, 0.3) is 10.8 Å². The molecule has 0 radical (unpaired) electrons. The number of nitrogens with two attached hydrogens (primary N) is 1. The summed E-state index contributed by atoms with van der Waals surface area (Å²) in [5, 5.41) is 10.7. The van der Waals surface area contributed by atoms with Crippen molar-refractivity contribution in [3.63, 3.8) is 0 Å². The van der Waals surface area contributed by atoms with Crippen LogP contribution < -0.4 is 16.7 Å². The average molecular weight is 436 g/mol. The smallest absolute Gasteiger partial charge is 0.338 e. The highest BCUT2D eigenvalue weighted by molar-refractivity contribution is 6.06. The highest BCUT2D eigenvalue weighted by Gasteiger charge is 2.26. The van der Waals surface area contributed by atoms with Crippen LogP contribution in [0.2, 0.25) is 0 Å². The van der Waals surface area contributed by atoms with E-state index in [9.17, 15) is 19.5 Å². The number of hydrogen-bond donors (Lipinski definition) is 3. The van der Waals surface area contributed by atoms with E-state index in [1.807, 2.05) is 51.1 Å². The Balaban J connectivity index is 2.35. The third kappa shape index (κ3) is 4.66. The van der Waals surface area contributed by atoms with Crippen molar-refractivity contribution >= 4 is 22.6 Å². The predicted octanol–water partition coefficient (Wildman–Crippen LogP) is 3.61. The van der Waals surface area contributed by atoms with Gasteiger partial charge >= 0.3 is 5.97 Å². The van der Waals surface area contributed by atoms with E-state index in [0.717, 1.165) is 5.56 Å². The highest BCUT2D eigenvalue weighted by atomic mass is 16.4. The Morgan fingerprint density at radius 3 is 2.31 bits per heavy atom. The zero-order valence-electron chi connectivity index (χ0n) is 18.8. The molecule has 7 heteroatoms. The summed E-state index contributed by atoms with van der Waals surface area (Å²) < 4.78 is 1.31. The van der Waals surface area contributed by atoms with Crippen molar-refractivity contribution in [2.75, 3.05) is 12.0 Å². The van der Waals surface area contributed by atoms with Gasteiger partial charge in [0.15, 0.2) is 0 Å². The largest absolute Gasteiger partial charge is 0.478 e. The van der Waals surface area contributed by atoms with Crippen LogP contribution in [0.15, 0.2) is 53.3 Å². The summed E-state index contributed by atoms with van der Waals surface area (Å²) in [6, 6.07) is 14.4. The molecular weight excluding hydrogens is 406 g/mol. The molecule has 0 bridgehead atoms. The lowest BCUT2D eigenvalue weighted by atomic mass is 9.84. The number of fused-ring (bicyclic) bond motifs is 1. The lowest BCUT2D eigenvalue weighted by Gasteiger charge is -2.25. The zero-order valence-corrected chi connectivity index (χ0v) is 18.8. The van der Waals surface area contributed by atoms with Gasteiger partial charge in [-0.2, -0.15) is 0 Å². The van der Waals surface area contributed by atoms with Crippen LogP contribution in [0.1, 0.15) is 60.3 Å². The van der Waals surface area contributed by atoms with E-state index >= 15 is 0 Å². The van der Waals surface area contributed by atoms with Crippen molar-refractivity contribution in [3.05, 3.63) is 81.3 Å². The van der Waals surface area contributed by atoms with Gasteiger partial charge in [-0.15, -0.1) is 0 Å². The summed E-state index contributed by atoms with van der Waals surface area (Å²) in [6.07, 6.45) is -0.00735. The van der Waals surface area contributed by atoms with E-state index in [-0.39, 0.29) is 28.3 Å². The summed E-state index contributed by atoms with van der Waals surface area (Å²) in [5.74, 6) is -2.13. The second-order valence-electron chi connectivity index (χ2n) is 9.21. The number of carbonyl (C=O) groups excluding carboxylic acids is 1. The minimum absolute atomic E-state index is 0.00735. The van der Waals surface area contributed by atoms with Gasteiger partial charge in [0.05, 0.1) is 16.6 Å². The molecule has 4 N–H and O–H groups in total. The number of carboxylic acid groups (broad SMARTS) is 1. The van der Waals surface area contributed by atoms with Crippen LogP contribution in [0.4, 0.5) is 0 Å². The van der Waals surface area contributed by atoms with Crippen LogP contribution in [-0.4, -0.2) is 28.2 Å². The maximum Gasteiger partial charge on any atom is 0.338 e. The molecular formula is C25H29N3O4. The van der Waals surface area contributed by atoms with E-state index < -0.39 is 17.8 Å². The van der Waals surface area contributed by atoms with Crippen molar-refractivity contribution in [1.29, 1.82) is 0 Å². The van der Waals surface area contributed by atoms with Gasteiger partial charge in [-0.05, 0) is 29.5 Å². The Kier molecular flexibility index (Phi) is 6.39. The SMILES string of the molecule is Cc1c(C(=O)O)c2c([C@@H](CC(N)=O)c3ccccc3)cccc2c(=O)n1NCC(C)(C)C. The van der Waals surface area contributed by atoms with Crippen LogP contribution in [0, 0.1) is 12.3 Å². The molecule has 0 fully saturated rings. The van der Waals surface area contributed by atoms with Gasteiger partial charge in [-0.3, -0.25) is 9.59 Å². The highest BCUT2D eigenvalue weighted by Crippen LogP contribution is 2.35. The van der Waals surface area contributed by atoms with Gasteiger partial charge < -0.3 is 16.3 Å². The number of nitrogens with zero attached hydrogens (tertiary/aromatic N) is 1. The van der Waals surface area contributed by atoms with Gasteiger partial charge in [-0.25, -0.2) is 9.47 Å². The molecule has 0 saturated carbocycles. The molecule has 3 aromatic rings. The number of primary amides is 1. The Bertz CT molecular complexity index is 1220. The molecule has 0 aliphatic heterocycles. The van der Waals surface area contributed by atoms with E-state index in [1.165, 1.54) is 4.68 Å². The first-order valence-electron chi connectivity index (χ1n) is 10.5. The summed E-state index contributed by atoms with van der Waals surface area (Å²) in [5.41, 5.74) is 9.92. The monoisotopic (exact) mass is 435 g/mol. The quantitative estimate of drug-likeness (QED) is 0.525. The summed E-state index contributed by atoms with van der Waals surface area (Å²) >= 11 is 0. The number of aromatic nitrogens is 1. The van der Waals surface area contributed by atoms with Gasteiger partial charge in [-0.1, -0.05) is 63.2 Å². The fraction of sp³-hybridized carbons (Fsp3) is 0.320. The van der Waals surface area contributed by atoms with Crippen molar-refractivity contribution < 1.29 is 14.7 Å². The molecule has 1 amide bonds. The number of nitrogens with one attached hydrogen (secondary N) is 1. The Morgan fingerprint density at radius 2 is 1.75 bits per heavy atom. The maximum atomic E-state index is 13.4. The number of pyridine rings is 1. The first-order valence-corrected chi connectivity index (χ1v) is 10.5. The topological polar surface area (TPSA) is 114 Å². The molecule has 0 unspecified atom stereocenters. The van der Waals surface area contributed by atoms with Crippen molar-refractivity contribution in [3.8, 4) is 0 Å². The Labute approximate surface area is 186 Å². The summed E-state index contributed by atoms with van der Waals surface area (Å²) in [7, 11) is 0. The molecule has 168 valence electrons. The van der Waals surface area contributed by atoms with E-state index in [0.29, 0.717) is 23.2 Å². The summed E-state index contributed by atoms with van der Waals surface area (Å²) in [6.45, 7) is 8.15. The van der Waals surface area contributed by atoms with Gasteiger partial charge in [0.25, 0.3) is 5.56 Å². The molecule has 0 saturated heterocycles. The molecule has 3 rings (SSSR count). The first-order chi connectivity index (χ1) is 15.0. The Morgan fingerprint density at radius 1 is 1.09 bits per heavy atom. The average Bonchev–Trinajstić information content (AvgIpc) is 2.71. The van der Waals surface area contributed by atoms with Gasteiger partial charge in [0, 0.05) is 24.3 Å². The molecule has 1 heterocycles. The standard InChI is InChI=1S/C25H29N3O4/c1-15-21(24(31)32)22-17(19(13-20(26)29)16-9-6-5-7-10-16)11-8-12-18(22)23(30)28(15)27-14-25(2,3)4/h5-12,19,27H,13-14H2,1-4H3,(H2,26,29)(H,31,32)/t19-/m0/s1. The van der Waals surface area contributed by atoms with E-state index in [1.54, 1.807) is 25.1 Å². The molecule has 0 aliphatic rings. The molecule has 1 aromatic heterocycles. The van der Waals surface area contributed by atoms with E-state index in [2.05, 4.69) is 5.43 Å². The lowest BCUT2D eigenvalue weighted by molar-refractivity contribution is -0.118. The van der Waals surface area contributed by atoms with Gasteiger partial charge in [0.1, 0.15) is 0 Å². The number of hydrogen-bond acceptors (Lipinski definition) is 4. The predicted molar refractivity (Wildman–Crippen MR) is 126 cm³/mol. The molecule has 0 spiro atoms.